The van der Waals surface area contributed by atoms with Crippen LogP contribution in [0.25, 0.3) is 22.2 Å². The number of para-hydroxylation sites is 1. The minimum absolute atomic E-state index is 0.111. The number of hydrogen-bond donors (Lipinski definition) is 2. The summed E-state index contributed by atoms with van der Waals surface area (Å²) in [6.07, 6.45) is 1.58. The van der Waals surface area contributed by atoms with Gasteiger partial charge in [0.25, 0.3) is 10.0 Å². The smallest absolute Gasteiger partial charge is 0.268 e. The van der Waals surface area contributed by atoms with E-state index in [1.807, 2.05) is 19.1 Å². The van der Waals surface area contributed by atoms with Crippen LogP contribution >= 0.6 is 0 Å². The van der Waals surface area contributed by atoms with E-state index in [4.69, 9.17) is 5.73 Å². The highest BCUT2D eigenvalue weighted by molar-refractivity contribution is 7.90. The third kappa shape index (κ3) is 2.97. The predicted molar refractivity (Wildman–Crippen MR) is 111 cm³/mol. The van der Waals surface area contributed by atoms with Gasteiger partial charge in [-0.2, -0.15) is 4.98 Å². The Morgan fingerprint density at radius 2 is 1.75 bits per heavy atom. The quantitative estimate of drug-likeness (QED) is 0.552. The van der Waals surface area contributed by atoms with Gasteiger partial charge in [0.1, 0.15) is 5.82 Å². The molecule has 0 atom stereocenters. The van der Waals surface area contributed by atoms with Gasteiger partial charge in [0, 0.05) is 30.3 Å². The van der Waals surface area contributed by atoms with Crippen LogP contribution in [0.1, 0.15) is 5.56 Å². The number of anilines is 2. The minimum atomic E-state index is -3.77. The highest BCUT2D eigenvalue weighted by Gasteiger charge is 2.22. The van der Waals surface area contributed by atoms with E-state index in [9.17, 15) is 8.42 Å². The van der Waals surface area contributed by atoms with Crippen LogP contribution in [-0.2, 0) is 10.0 Å². The monoisotopic (exact) mass is 393 g/mol. The molecule has 2 heterocycles. The maximum Gasteiger partial charge on any atom is 0.268 e. The van der Waals surface area contributed by atoms with Crippen LogP contribution < -0.4 is 11.1 Å². The number of benzene rings is 2. The summed E-state index contributed by atoms with van der Waals surface area (Å²) in [5.74, 6) is 0.667. The van der Waals surface area contributed by atoms with Gasteiger partial charge in [-0.3, -0.25) is 0 Å². The summed E-state index contributed by atoms with van der Waals surface area (Å²) in [6, 6.07) is 15.8. The van der Waals surface area contributed by atoms with Gasteiger partial charge in [0.15, 0.2) is 0 Å². The Morgan fingerprint density at radius 1 is 1.04 bits per heavy atom. The number of rotatable bonds is 4. The van der Waals surface area contributed by atoms with Crippen LogP contribution in [0.15, 0.2) is 65.7 Å². The molecule has 0 spiro atoms. The van der Waals surface area contributed by atoms with E-state index in [0.717, 1.165) is 10.9 Å². The molecule has 4 rings (SSSR count). The normalized spacial score (nSPS) is 11.6. The standard InChI is InChI=1S/C20H19N5O2S/c1-13-7-9-14(10-8-13)28(26,27)25-12-16(15-5-3-4-6-18(15)25)17-11-19(22-2)24-20(21)23-17/h3-12H,1-2H3,(H3,21,22,23,24). The fourth-order valence-corrected chi connectivity index (χ4v) is 4.48. The molecule has 4 aromatic rings. The Hall–Kier alpha value is -3.39. The number of nitrogen functional groups attached to an aromatic ring is 1. The molecular weight excluding hydrogens is 374 g/mol. The van der Waals surface area contributed by atoms with Gasteiger partial charge in [-0.1, -0.05) is 35.9 Å². The van der Waals surface area contributed by atoms with Gasteiger partial charge >= 0.3 is 0 Å². The van der Waals surface area contributed by atoms with Gasteiger partial charge in [0.2, 0.25) is 5.95 Å². The SMILES string of the molecule is CNc1cc(-c2cn(S(=O)(=O)c3ccc(C)cc3)c3ccccc23)nc(N)n1. The average Bonchev–Trinajstić information content (AvgIpc) is 3.08. The fourth-order valence-electron chi connectivity index (χ4n) is 3.11. The summed E-state index contributed by atoms with van der Waals surface area (Å²) in [7, 11) is -2.04. The van der Waals surface area contributed by atoms with Crippen LogP contribution in [0, 0.1) is 6.92 Å². The molecule has 0 fully saturated rings. The van der Waals surface area contributed by atoms with Crippen molar-refractivity contribution in [2.24, 2.45) is 0 Å². The zero-order chi connectivity index (χ0) is 19.9. The van der Waals surface area contributed by atoms with Crippen molar-refractivity contribution in [3.05, 3.63) is 66.4 Å². The second-order valence-corrected chi connectivity index (χ2v) is 8.24. The molecule has 0 aliphatic carbocycles. The van der Waals surface area contributed by atoms with Crippen molar-refractivity contribution in [3.8, 4) is 11.3 Å². The number of nitrogens with two attached hydrogens (primary N) is 1. The Bertz CT molecular complexity index is 1280. The number of aryl methyl sites for hydroxylation is 1. The lowest BCUT2D eigenvalue weighted by Gasteiger charge is -2.07. The number of hydrogen-bond acceptors (Lipinski definition) is 6. The van der Waals surface area contributed by atoms with Gasteiger partial charge in [-0.25, -0.2) is 17.4 Å². The molecule has 0 saturated carbocycles. The van der Waals surface area contributed by atoms with Crippen LogP contribution in [0.5, 0.6) is 0 Å². The molecule has 28 heavy (non-hydrogen) atoms. The van der Waals surface area contributed by atoms with E-state index >= 15 is 0 Å². The maximum atomic E-state index is 13.3. The molecule has 3 N–H and O–H groups in total. The van der Waals surface area contributed by atoms with Gasteiger partial charge in [-0.15, -0.1) is 0 Å². The van der Waals surface area contributed by atoms with Crippen molar-refractivity contribution < 1.29 is 8.42 Å². The number of nitrogens with one attached hydrogen (secondary N) is 1. The molecule has 0 radical (unpaired) electrons. The molecule has 142 valence electrons. The minimum Gasteiger partial charge on any atom is -0.373 e. The summed E-state index contributed by atoms with van der Waals surface area (Å²) >= 11 is 0. The molecule has 2 aromatic heterocycles. The highest BCUT2D eigenvalue weighted by atomic mass is 32.2. The number of nitrogens with zero attached hydrogens (tertiary/aromatic N) is 3. The molecule has 0 saturated heterocycles. The molecule has 0 amide bonds. The Morgan fingerprint density at radius 3 is 2.46 bits per heavy atom. The fraction of sp³-hybridized carbons (Fsp3) is 0.100. The molecule has 0 aliphatic rings. The summed E-state index contributed by atoms with van der Waals surface area (Å²) in [4.78, 5) is 8.63. The molecule has 0 unspecified atom stereocenters. The summed E-state index contributed by atoms with van der Waals surface area (Å²) in [5, 5.41) is 3.70. The van der Waals surface area contributed by atoms with Crippen LogP contribution in [0.4, 0.5) is 11.8 Å². The lowest BCUT2D eigenvalue weighted by atomic mass is 10.1. The molecular formula is C20H19N5O2S. The largest absolute Gasteiger partial charge is 0.373 e. The lowest BCUT2D eigenvalue weighted by molar-refractivity contribution is 0.589. The molecule has 0 bridgehead atoms. The third-order valence-corrected chi connectivity index (χ3v) is 6.22. The average molecular weight is 393 g/mol. The Labute approximate surface area is 162 Å². The second kappa shape index (κ2) is 6.65. The van der Waals surface area contributed by atoms with Crippen molar-refractivity contribution in [2.75, 3.05) is 18.1 Å². The summed E-state index contributed by atoms with van der Waals surface area (Å²) in [6.45, 7) is 1.92. The number of fused-ring (bicyclic) bond motifs is 1. The zero-order valence-electron chi connectivity index (χ0n) is 15.4. The van der Waals surface area contributed by atoms with E-state index in [1.165, 1.54) is 3.97 Å². The summed E-state index contributed by atoms with van der Waals surface area (Å²) < 4.78 is 27.9. The lowest BCUT2D eigenvalue weighted by Crippen LogP contribution is -2.11. The Balaban J connectivity index is 1.98. The van der Waals surface area contributed by atoms with E-state index in [2.05, 4.69) is 15.3 Å². The molecule has 7 nitrogen and oxygen atoms in total. The second-order valence-electron chi connectivity index (χ2n) is 6.42. The van der Waals surface area contributed by atoms with Crippen molar-refractivity contribution >= 4 is 32.7 Å². The summed E-state index contributed by atoms with van der Waals surface area (Å²) in [5.41, 5.74) is 8.60. The van der Waals surface area contributed by atoms with Crippen LogP contribution in [0.3, 0.4) is 0 Å². The van der Waals surface area contributed by atoms with Crippen molar-refractivity contribution in [2.45, 2.75) is 11.8 Å². The molecule has 0 aliphatic heterocycles. The first-order chi connectivity index (χ1) is 13.4. The first kappa shape index (κ1) is 18.0. The predicted octanol–water partition coefficient (Wildman–Crippen LogP) is 3.27. The van der Waals surface area contributed by atoms with Crippen molar-refractivity contribution in [1.82, 2.24) is 13.9 Å². The zero-order valence-corrected chi connectivity index (χ0v) is 16.2. The van der Waals surface area contributed by atoms with Crippen LogP contribution in [-0.4, -0.2) is 29.4 Å². The first-order valence-electron chi connectivity index (χ1n) is 8.65. The molecule has 8 heteroatoms. The maximum absolute atomic E-state index is 13.3. The highest BCUT2D eigenvalue weighted by Crippen LogP contribution is 2.33. The van der Waals surface area contributed by atoms with Crippen molar-refractivity contribution in [3.63, 3.8) is 0 Å². The van der Waals surface area contributed by atoms with E-state index in [0.29, 0.717) is 22.6 Å². The molecule has 2 aromatic carbocycles. The number of aromatic nitrogens is 3. The first-order valence-corrected chi connectivity index (χ1v) is 10.1. The van der Waals surface area contributed by atoms with Gasteiger partial charge < -0.3 is 11.1 Å². The van der Waals surface area contributed by atoms with E-state index in [1.54, 1.807) is 55.7 Å². The van der Waals surface area contributed by atoms with Crippen LogP contribution in [0.2, 0.25) is 0 Å². The van der Waals surface area contributed by atoms with Crippen molar-refractivity contribution in [1.29, 1.82) is 0 Å². The topological polar surface area (TPSA) is 103 Å². The Kier molecular flexibility index (Phi) is 4.27. The van der Waals surface area contributed by atoms with Gasteiger partial charge in [-0.05, 0) is 25.1 Å². The third-order valence-electron chi connectivity index (χ3n) is 4.53. The van der Waals surface area contributed by atoms with Gasteiger partial charge in [0.05, 0.1) is 16.1 Å². The van der Waals surface area contributed by atoms with E-state index < -0.39 is 10.0 Å². The van der Waals surface area contributed by atoms with E-state index in [-0.39, 0.29) is 10.8 Å².